The van der Waals surface area contributed by atoms with Gasteiger partial charge in [-0.25, -0.2) is 4.39 Å². The molecule has 1 atom stereocenters. The number of carbonyl (C=O) groups excluding carboxylic acids is 1. The first-order valence-corrected chi connectivity index (χ1v) is 7.27. The first-order chi connectivity index (χ1) is 9.56. The van der Waals surface area contributed by atoms with Gasteiger partial charge in [0.1, 0.15) is 5.82 Å². The van der Waals surface area contributed by atoms with E-state index in [4.69, 9.17) is 5.73 Å². The quantitative estimate of drug-likeness (QED) is 0.743. The van der Waals surface area contributed by atoms with Gasteiger partial charge >= 0.3 is 0 Å². The lowest BCUT2D eigenvalue weighted by atomic mass is 10.1. The lowest BCUT2D eigenvalue weighted by Crippen LogP contribution is -2.29. The third kappa shape index (κ3) is 5.29. The summed E-state index contributed by atoms with van der Waals surface area (Å²) in [5, 5.41) is 0. The SMILES string of the molecule is CC(c1ccc(F)cc1)N(C)C(=O)CCCCCCN. The standard InChI is InChI=1S/C16H25FN2O/c1-13(14-8-10-15(17)11-9-14)19(2)16(20)7-5-3-4-6-12-18/h8-11,13H,3-7,12,18H2,1-2H3. The number of nitrogens with zero attached hydrogens (tertiary/aromatic N) is 1. The number of hydrogen-bond donors (Lipinski definition) is 1. The number of hydrogen-bond acceptors (Lipinski definition) is 2. The van der Waals surface area contributed by atoms with Crippen LogP contribution in [0.15, 0.2) is 24.3 Å². The Balaban J connectivity index is 2.41. The lowest BCUT2D eigenvalue weighted by molar-refractivity contribution is -0.131. The molecule has 1 unspecified atom stereocenters. The maximum atomic E-state index is 12.9. The molecule has 0 aliphatic carbocycles. The molecule has 20 heavy (non-hydrogen) atoms. The maximum Gasteiger partial charge on any atom is 0.222 e. The number of halogens is 1. The van der Waals surface area contributed by atoms with E-state index in [0.29, 0.717) is 6.42 Å². The Bertz CT molecular complexity index is 405. The van der Waals surface area contributed by atoms with Gasteiger partial charge in [-0.3, -0.25) is 4.79 Å². The highest BCUT2D eigenvalue weighted by Crippen LogP contribution is 2.20. The molecular formula is C16H25FN2O. The summed E-state index contributed by atoms with van der Waals surface area (Å²) < 4.78 is 12.9. The third-order valence-electron chi connectivity index (χ3n) is 3.67. The van der Waals surface area contributed by atoms with E-state index in [1.807, 2.05) is 6.92 Å². The molecule has 0 fully saturated rings. The average molecular weight is 280 g/mol. The molecule has 1 aromatic carbocycles. The summed E-state index contributed by atoms with van der Waals surface area (Å²) in [6.45, 7) is 2.68. The molecule has 0 radical (unpaired) electrons. The highest BCUT2D eigenvalue weighted by atomic mass is 19.1. The monoisotopic (exact) mass is 280 g/mol. The second kappa shape index (κ2) is 8.69. The van der Waals surface area contributed by atoms with Crippen LogP contribution in [0.1, 0.15) is 50.6 Å². The average Bonchev–Trinajstić information content (AvgIpc) is 2.46. The Hall–Kier alpha value is -1.42. The Labute approximate surface area is 121 Å². The molecule has 0 heterocycles. The molecule has 0 aromatic heterocycles. The van der Waals surface area contributed by atoms with Gasteiger partial charge in [-0.15, -0.1) is 0 Å². The first-order valence-electron chi connectivity index (χ1n) is 7.27. The van der Waals surface area contributed by atoms with Crippen LogP contribution < -0.4 is 5.73 Å². The largest absolute Gasteiger partial charge is 0.339 e. The van der Waals surface area contributed by atoms with Crippen molar-refractivity contribution in [1.29, 1.82) is 0 Å². The van der Waals surface area contributed by atoms with Crippen LogP contribution in [0.4, 0.5) is 4.39 Å². The minimum absolute atomic E-state index is 0.0351. The Morgan fingerprint density at radius 3 is 2.40 bits per heavy atom. The second-order valence-electron chi connectivity index (χ2n) is 5.19. The van der Waals surface area contributed by atoms with Crippen LogP contribution in [0, 0.1) is 5.82 Å². The summed E-state index contributed by atoms with van der Waals surface area (Å²) in [7, 11) is 1.80. The summed E-state index contributed by atoms with van der Waals surface area (Å²) in [5.41, 5.74) is 6.38. The fourth-order valence-corrected chi connectivity index (χ4v) is 2.13. The summed E-state index contributed by atoms with van der Waals surface area (Å²) in [4.78, 5) is 13.8. The number of carbonyl (C=O) groups is 1. The van der Waals surface area contributed by atoms with Gasteiger partial charge in [-0.05, 0) is 44.0 Å². The highest BCUT2D eigenvalue weighted by molar-refractivity contribution is 5.76. The number of amides is 1. The Kier molecular flexibility index (Phi) is 7.23. The highest BCUT2D eigenvalue weighted by Gasteiger charge is 2.16. The smallest absolute Gasteiger partial charge is 0.222 e. The van der Waals surface area contributed by atoms with Crippen molar-refractivity contribution in [3.63, 3.8) is 0 Å². The van der Waals surface area contributed by atoms with E-state index >= 15 is 0 Å². The minimum Gasteiger partial charge on any atom is -0.339 e. The molecule has 0 aliphatic rings. The molecule has 0 saturated heterocycles. The van der Waals surface area contributed by atoms with E-state index in [0.717, 1.165) is 37.8 Å². The fourth-order valence-electron chi connectivity index (χ4n) is 2.13. The van der Waals surface area contributed by atoms with Gasteiger partial charge in [-0.2, -0.15) is 0 Å². The van der Waals surface area contributed by atoms with Crippen molar-refractivity contribution in [2.75, 3.05) is 13.6 Å². The van der Waals surface area contributed by atoms with Crippen LogP contribution in [0.5, 0.6) is 0 Å². The van der Waals surface area contributed by atoms with E-state index in [-0.39, 0.29) is 17.8 Å². The summed E-state index contributed by atoms with van der Waals surface area (Å²) in [6.07, 6.45) is 4.62. The van der Waals surface area contributed by atoms with Gasteiger partial charge in [0.15, 0.2) is 0 Å². The lowest BCUT2D eigenvalue weighted by Gasteiger charge is -2.25. The topological polar surface area (TPSA) is 46.3 Å². The van der Waals surface area contributed by atoms with Crippen LogP contribution in [0.2, 0.25) is 0 Å². The van der Waals surface area contributed by atoms with Crippen molar-refractivity contribution < 1.29 is 9.18 Å². The number of benzene rings is 1. The number of unbranched alkanes of at least 4 members (excludes halogenated alkanes) is 3. The van der Waals surface area contributed by atoms with Crippen LogP contribution in [0.3, 0.4) is 0 Å². The van der Waals surface area contributed by atoms with Gasteiger partial charge in [0.05, 0.1) is 6.04 Å². The molecule has 4 heteroatoms. The van der Waals surface area contributed by atoms with Crippen molar-refractivity contribution in [3.05, 3.63) is 35.6 Å². The van der Waals surface area contributed by atoms with Crippen molar-refractivity contribution in [1.82, 2.24) is 4.90 Å². The van der Waals surface area contributed by atoms with Gasteiger partial charge < -0.3 is 10.6 Å². The van der Waals surface area contributed by atoms with E-state index in [2.05, 4.69) is 0 Å². The van der Waals surface area contributed by atoms with Gasteiger partial charge in [0.2, 0.25) is 5.91 Å². The van der Waals surface area contributed by atoms with E-state index in [9.17, 15) is 9.18 Å². The molecule has 0 spiro atoms. The van der Waals surface area contributed by atoms with Crippen molar-refractivity contribution >= 4 is 5.91 Å². The van der Waals surface area contributed by atoms with Gasteiger partial charge in [-0.1, -0.05) is 25.0 Å². The third-order valence-corrected chi connectivity index (χ3v) is 3.67. The van der Waals surface area contributed by atoms with Crippen molar-refractivity contribution in [2.45, 2.75) is 45.1 Å². The normalized spacial score (nSPS) is 12.2. The molecule has 1 aromatic rings. The number of nitrogens with two attached hydrogens (primary N) is 1. The van der Waals surface area contributed by atoms with Gasteiger partial charge in [0.25, 0.3) is 0 Å². The van der Waals surface area contributed by atoms with Crippen molar-refractivity contribution in [2.24, 2.45) is 5.73 Å². The zero-order valence-electron chi connectivity index (χ0n) is 12.4. The first kappa shape index (κ1) is 16.6. The molecule has 0 bridgehead atoms. The minimum atomic E-state index is -0.255. The maximum absolute atomic E-state index is 12.9. The predicted octanol–water partition coefficient (Wildman–Crippen LogP) is 3.25. The zero-order valence-corrected chi connectivity index (χ0v) is 12.4. The number of rotatable bonds is 8. The Morgan fingerprint density at radius 2 is 1.80 bits per heavy atom. The predicted molar refractivity (Wildman–Crippen MR) is 79.7 cm³/mol. The molecule has 2 N–H and O–H groups in total. The molecule has 0 saturated carbocycles. The summed E-state index contributed by atoms with van der Waals surface area (Å²) in [5.74, 6) is -0.121. The van der Waals surface area contributed by atoms with Gasteiger partial charge in [0, 0.05) is 13.5 Å². The van der Waals surface area contributed by atoms with Crippen molar-refractivity contribution in [3.8, 4) is 0 Å². The van der Waals surface area contributed by atoms with E-state index < -0.39 is 0 Å². The van der Waals surface area contributed by atoms with E-state index in [1.165, 1.54) is 12.1 Å². The van der Waals surface area contributed by atoms with Crippen LogP contribution in [-0.2, 0) is 4.79 Å². The summed E-state index contributed by atoms with van der Waals surface area (Å²) >= 11 is 0. The Morgan fingerprint density at radius 1 is 1.20 bits per heavy atom. The van der Waals surface area contributed by atoms with Crippen LogP contribution in [-0.4, -0.2) is 24.4 Å². The molecule has 112 valence electrons. The van der Waals surface area contributed by atoms with Crippen LogP contribution >= 0.6 is 0 Å². The molecule has 3 nitrogen and oxygen atoms in total. The molecule has 0 aliphatic heterocycles. The second-order valence-corrected chi connectivity index (χ2v) is 5.19. The zero-order chi connectivity index (χ0) is 15.0. The van der Waals surface area contributed by atoms with E-state index in [1.54, 1.807) is 24.1 Å². The fraction of sp³-hybridized carbons (Fsp3) is 0.562. The molecular weight excluding hydrogens is 255 g/mol. The van der Waals surface area contributed by atoms with Crippen LogP contribution in [0.25, 0.3) is 0 Å². The summed E-state index contributed by atoms with van der Waals surface area (Å²) in [6, 6.07) is 6.27. The molecule has 1 amide bonds. The molecule has 1 rings (SSSR count).